The first-order chi connectivity index (χ1) is 23.5. The predicted octanol–water partition coefficient (Wildman–Crippen LogP) is 5.42. The molecule has 4 heterocycles. The highest BCUT2D eigenvalue weighted by atomic mass is 32.2. The average molecular weight is 699 g/mol. The molecule has 10 heteroatoms. The molecule has 4 aliphatic carbocycles. The number of hydrogen-bond acceptors (Lipinski definition) is 9. The smallest absolute Gasteiger partial charge is 0.132 e. The third-order valence-corrected chi connectivity index (χ3v) is 16.5. The topological polar surface area (TPSA) is 113 Å². The number of nitrogens with zero attached hydrogens (tertiary/aromatic N) is 4. The van der Waals surface area contributed by atoms with Gasteiger partial charge in [0.1, 0.15) is 23.7 Å². The van der Waals surface area contributed by atoms with Gasteiger partial charge in [-0.25, -0.2) is 0 Å². The van der Waals surface area contributed by atoms with Crippen molar-refractivity contribution in [3.63, 3.8) is 0 Å². The van der Waals surface area contributed by atoms with Crippen molar-refractivity contribution in [3.05, 3.63) is 23.5 Å². The van der Waals surface area contributed by atoms with Crippen LogP contribution in [0.2, 0.25) is 0 Å². The Balaban J connectivity index is 0.821. The molecule has 0 radical (unpaired) electrons. The molecule has 274 valence electrons. The third-order valence-electron chi connectivity index (χ3n) is 15.3. The Kier molecular flexibility index (Phi) is 9.61. The summed E-state index contributed by atoms with van der Waals surface area (Å²) in [4.78, 5) is 3.03. The van der Waals surface area contributed by atoms with E-state index in [0.29, 0.717) is 22.7 Å². The first-order valence-electron chi connectivity index (χ1n) is 19.7. The minimum Gasteiger partial charge on any atom is -0.388 e. The second-order valence-electron chi connectivity index (χ2n) is 18.0. The molecule has 0 spiro atoms. The summed E-state index contributed by atoms with van der Waals surface area (Å²) in [5, 5.41) is 38.9. The van der Waals surface area contributed by atoms with E-state index < -0.39 is 29.9 Å². The molecule has 3 saturated heterocycles. The van der Waals surface area contributed by atoms with Crippen molar-refractivity contribution in [2.45, 2.75) is 159 Å². The third kappa shape index (κ3) is 5.99. The summed E-state index contributed by atoms with van der Waals surface area (Å²) in [5.41, 5.74) is 2.75. The van der Waals surface area contributed by atoms with Crippen LogP contribution in [0.1, 0.15) is 105 Å². The van der Waals surface area contributed by atoms with Gasteiger partial charge in [0, 0.05) is 43.7 Å². The maximum Gasteiger partial charge on any atom is 0.132 e. The summed E-state index contributed by atoms with van der Waals surface area (Å²) < 4.78 is 14.1. The van der Waals surface area contributed by atoms with E-state index in [4.69, 9.17) is 9.47 Å². The summed E-state index contributed by atoms with van der Waals surface area (Å²) >= 11 is 1.36. The number of allylic oxidation sites excluding steroid dienone is 1. The molecule has 0 aromatic carbocycles. The van der Waals surface area contributed by atoms with Gasteiger partial charge in [-0.05, 0) is 117 Å². The molecule has 3 saturated carbocycles. The van der Waals surface area contributed by atoms with Crippen LogP contribution in [0.4, 0.5) is 0 Å². The first kappa shape index (κ1) is 35.0. The molecule has 1 aromatic rings. The molecule has 6 fully saturated rings. The number of fused-ring (bicyclic) bond motifs is 9. The molecule has 49 heavy (non-hydrogen) atoms. The van der Waals surface area contributed by atoms with Gasteiger partial charge in [0.2, 0.25) is 0 Å². The van der Waals surface area contributed by atoms with Crippen LogP contribution in [-0.2, 0) is 21.8 Å². The number of piperidine rings is 1. The van der Waals surface area contributed by atoms with Crippen molar-refractivity contribution in [2.24, 2.45) is 46.3 Å². The molecular formula is C39H62N4O5S. The number of hydrogen-bond donors (Lipinski definition) is 3. The molecule has 6 unspecified atom stereocenters. The highest BCUT2D eigenvalue weighted by molar-refractivity contribution is 7.99. The van der Waals surface area contributed by atoms with E-state index in [-0.39, 0.29) is 0 Å². The second-order valence-corrected chi connectivity index (χ2v) is 19.1. The molecule has 9 nitrogen and oxygen atoms in total. The standard InChI is InChI=1S/C39H62N4O5S/c1-22-7-10-31-23(2)33-32(43(31)19-22)18-30-28-9-8-25-17-27(11-13-38(25,4)29(28)12-14-39(30,33)5)47-16-6-15-42-20-26(40-41-42)21-49-37-36(46)35(45)34(44)24(3)48-37/h8,20,22-24,27-37,44-46H,6-7,9-19,21H2,1-5H3/t22-,23+,24-,27-,28?,29?,30?,31?,32?,33?,34-,35+,36+,37-,38-,39-/m0/s1. The number of rotatable bonds is 8. The average Bonchev–Trinajstić information content (AvgIpc) is 3.75. The Morgan fingerprint density at radius 1 is 1.00 bits per heavy atom. The Bertz CT molecular complexity index is 1380. The number of aliphatic hydroxyl groups excluding tert-OH is 3. The highest BCUT2D eigenvalue weighted by Crippen LogP contribution is 2.70. The van der Waals surface area contributed by atoms with E-state index in [1.807, 2.05) is 10.9 Å². The summed E-state index contributed by atoms with van der Waals surface area (Å²) in [5.74, 6) is 5.72. The van der Waals surface area contributed by atoms with Crippen molar-refractivity contribution >= 4 is 11.8 Å². The first-order valence-corrected chi connectivity index (χ1v) is 20.8. The monoisotopic (exact) mass is 698 g/mol. The lowest BCUT2D eigenvalue weighted by atomic mass is 9.47. The zero-order valence-electron chi connectivity index (χ0n) is 30.5. The van der Waals surface area contributed by atoms with Crippen molar-refractivity contribution in [1.29, 1.82) is 0 Å². The van der Waals surface area contributed by atoms with Crippen LogP contribution in [0.15, 0.2) is 17.8 Å². The molecule has 7 aliphatic rings. The SMILES string of the molecule is C[C@H]1CCC2[C@@H](C)C3C(CC4C5CC=C6C[C@@H](OCCCn7cc(CS[C@@H]8O[C@@H](C)[C@H](O)[C@@H](O)[C@H]8O)nn7)CC[C@]6(C)C5CC[C@@]43C)N2C1. The van der Waals surface area contributed by atoms with Crippen molar-refractivity contribution < 1.29 is 24.8 Å². The zero-order chi connectivity index (χ0) is 34.2. The van der Waals surface area contributed by atoms with E-state index in [1.165, 1.54) is 69.7 Å². The van der Waals surface area contributed by atoms with E-state index >= 15 is 0 Å². The maximum atomic E-state index is 10.3. The Morgan fingerprint density at radius 2 is 1.84 bits per heavy atom. The van der Waals surface area contributed by atoms with Gasteiger partial charge in [-0.1, -0.05) is 44.6 Å². The maximum absolute atomic E-state index is 10.3. The van der Waals surface area contributed by atoms with Gasteiger partial charge in [-0.2, -0.15) is 0 Å². The molecule has 3 aliphatic heterocycles. The molecule has 0 bridgehead atoms. The van der Waals surface area contributed by atoms with Gasteiger partial charge in [-0.3, -0.25) is 9.58 Å². The van der Waals surface area contributed by atoms with Gasteiger partial charge >= 0.3 is 0 Å². The largest absolute Gasteiger partial charge is 0.388 e. The quantitative estimate of drug-likeness (QED) is 0.242. The van der Waals surface area contributed by atoms with E-state index in [2.05, 4.69) is 49.0 Å². The van der Waals surface area contributed by atoms with Gasteiger partial charge in [0.05, 0.1) is 17.9 Å². The number of ether oxygens (including phenoxy) is 2. The molecular weight excluding hydrogens is 637 g/mol. The highest BCUT2D eigenvalue weighted by Gasteiger charge is 2.66. The second kappa shape index (κ2) is 13.4. The van der Waals surface area contributed by atoms with Crippen LogP contribution in [0, 0.1) is 46.3 Å². The van der Waals surface area contributed by atoms with E-state index in [0.717, 1.165) is 79.3 Å². The van der Waals surface area contributed by atoms with Gasteiger partial charge in [0.15, 0.2) is 0 Å². The fourth-order valence-corrected chi connectivity index (χ4v) is 13.9. The molecule has 0 amide bonds. The lowest BCUT2D eigenvalue weighted by Gasteiger charge is -2.58. The summed E-state index contributed by atoms with van der Waals surface area (Å²) in [6, 6.07) is 1.68. The van der Waals surface area contributed by atoms with Gasteiger partial charge in [0.25, 0.3) is 0 Å². The van der Waals surface area contributed by atoms with E-state index in [1.54, 1.807) is 12.5 Å². The van der Waals surface area contributed by atoms with Crippen LogP contribution in [0.3, 0.4) is 0 Å². The molecule has 3 N–H and O–H groups in total. The fourth-order valence-electron chi connectivity index (χ4n) is 12.8. The van der Waals surface area contributed by atoms with Crippen molar-refractivity contribution in [3.8, 4) is 0 Å². The van der Waals surface area contributed by atoms with Crippen LogP contribution in [0.5, 0.6) is 0 Å². The lowest BCUT2D eigenvalue weighted by Crippen LogP contribution is -2.55. The Labute approximate surface area is 297 Å². The Hall–Kier alpha value is -1.01. The van der Waals surface area contributed by atoms with E-state index in [9.17, 15) is 15.3 Å². The van der Waals surface area contributed by atoms with Gasteiger partial charge < -0.3 is 24.8 Å². The molecule has 1 aromatic heterocycles. The van der Waals surface area contributed by atoms with Crippen molar-refractivity contribution in [1.82, 2.24) is 19.9 Å². The summed E-state index contributed by atoms with van der Waals surface area (Å²) in [6.45, 7) is 15.0. The van der Waals surface area contributed by atoms with Crippen molar-refractivity contribution in [2.75, 3.05) is 13.2 Å². The van der Waals surface area contributed by atoms with Gasteiger partial charge in [-0.15, -0.1) is 16.9 Å². The summed E-state index contributed by atoms with van der Waals surface area (Å²) in [6.07, 6.45) is 13.8. The number of thioether (sulfide) groups is 1. The Morgan fingerprint density at radius 3 is 2.67 bits per heavy atom. The molecule has 8 rings (SSSR count). The van der Waals surface area contributed by atoms with Crippen LogP contribution >= 0.6 is 11.8 Å². The zero-order valence-corrected chi connectivity index (χ0v) is 31.3. The lowest BCUT2D eigenvalue weighted by molar-refractivity contribution is -0.192. The normalized spacial score (nSPS) is 49.4. The minimum atomic E-state index is -1.22. The number of aliphatic hydroxyl groups is 3. The summed E-state index contributed by atoms with van der Waals surface area (Å²) in [7, 11) is 0. The van der Waals surface area contributed by atoms with Crippen LogP contribution < -0.4 is 0 Å². The van der Waals surface area contributed by atoms with Crippen LogP contribution in [0.25, 0.3) is 0 Å². The van der Waals surface area contributed by atoms with Crippen LogP contribution in [-0.4, -0.2) is 96.4 Å². The fraction of sp³-hybridized carbons (Fsp3) is 0.897. The predicted molar refractivity (Wildman–Crippen MR) is 190 cm³/mol. The molecule has 16 atom stereocenters. The number of aromatic nitrogens is 3. The number of aryl methyl sites for hydroxylation is 1. The minimum absolute atomic E-state index is 0.315.